The highest BCUT2D eigenvalue weighted by Crippen LogP contribution is 2.18. The summed E-state index contributed by atoms with van der Waals surface area (Å²) in [6.45, 7) is 2.57. The number of hydrogen-bond acceptors (Lipinski definition) is 3. The minimum absolute atomic E-state index is 0.351. The van der Waals surface area contributed by atoms with Crippen LogP contribution in [-0.2, 0) is 13.0 Å². The van der Waals surface area contributed by atoms with Gasteiger partial charge < -0.3 is 5.32 Å². The zero-order valence-electron chi connectivity index (χ0n) is 15.5. The largest absolute Gasteiger partial charge is 0.332 e. The molecule has 146 valence electrons. The highest BCUT2D eigenvalue weighted by molar-refractivity contribution is 7.80. The molecule has 0 amide bonds. The van der Waals surface area contributed by atoms with Crippen molar-refractivity contribution in [2.24, 2.45) is 0 Å². The molecule has 5 nitrogen and oxygen atoms in total. The number of thiocarbonyl (C=S) groups is 1. The van der Waals surface area contributed by atoms with Crippen molar-refractivity contribution in [3.05, 3.63) is 70.8 Å². The molecule has 0 aliphatic carbocycles. The number of anilines is 2. The molecule has 0 atom stereocenters. The third-order valence-corrected chi connectivity index (χ3v) is 4.70. The van der Waals surface area contributed by atoms with E-state index in [-0.39, 0.29) is 5.82 Å². The molecule has 0 bridgehead atoms. The molecule has 0 unspecified atom stereocenters. The van der Waals surface area contributed by atoms with Gasteiger partial charge in [-0.2, -0.15) is 0 Å². The summed E-state index contributed by atoms with van der Waals surface area (Å²) in [5.74, 6) is -0.000171. The molecule has 0 saturated carbocycles. The zero-order chi connectivity index (χ0) is 19.9. The second-order valence-corrected chi connectivity index (χ2v) is 7.20. The number of halogens is 2. The Hall–Kier alpha value is -2.51. The molecule has 0 aliphatic heterocycles. The van der Waals surface area contributed by atoms with Crippen LogP contribution in [0, 0.1) is 5.82 Å². The smallest absolute Gasteiger partial charge is 0.248 e. The van der Waals surface area contributed by atoms with Crippen molar-refractivity contribution in [3.8, 4) is 0 Å². The first kappa shape index (κ1) is 20.2. The number of aromatic nitrogens is 3. The molecular weight excluding hydrogens is 397 g/mol. The SMILES string of the molecule is CCCCc1ccc(NC(=S)Nc2ncn(Cc3ccc(F)cc3Cl)n2)cc1. The first-order valence-electron chi connectivity index (χ1n) is 9.04. The molecular formula is C20H21ClFN5S. The number of aryl methyl sites for hydroxylation is 1. The lowest BCUT2D eigenvalue weighted by molar-refractivity contribution is 0.624. The monoisotopic (exact) mass is 417 g/mol. The maximum absolute atomic E-state index is 13.1. The zero-order valence-corrected chi connectivity index (χ0v) is 17.0. The first-order valence-corrected chi connectivity index (χ1v) is 9.82. The summed E-state index contributed by atoms with van der Waals surface area (Å²) < 4.78 is 14.7. The lowest BCUT2D eigenvalue weighted by Crippen LogP contribution is -2.20. The maximum Gasteiger partial charge on any atom is 0.248 e. The Balaban J connectivity index is 1.55. The van der Waals surface area contributed by atoms with E-state index in [1.165, 1.54) is 30.5 Å². The van der Waals surface area contributed by atoms with E-state index in [9.17, 15) is 4.39 Å². The van der Waals surface area contributed by atoms with Crippen LogP contribution in [0.25, 0.3) is 0 Å². The Labute approximate surface area is 173 Å². The number of unbranched alkanes of at least 4 members (excludes halogenated alkanes) is 1. The van der Waals surface area contributed by atoms with Crippen molar-refractivity contribution >= 4 is 40.6 Å². The van der Waals surface area contributed by atoms with Gasteiger partial charge in [0.05, 0.1) is 6.54 Å². The van der Waals surface area contributed by atoms with Crippen LogP contribution in [0.5, 0.6) is 0 Å². The van der Waals surface area contributed by atoms with Gasteiger partial charge in [-0.1, -0.05) is 43.1 Å². The topological polar surface area (TPSA) is 54.8 Å². The molecule has 3 rings (SSSR count). The van der Waals surface area contributed by atoms with Crippen molar-refractivity contribution < 1.29 is 4.39 Å². The van der Waals surface area contributed by atoms with Crippen LogP contribution < -0.4 is 10.6 Å². The van der Waals surface area contributed by atoms with Crippen molar-refractivity contribution in [3.63, 3.8) is 0 Å². The molecule has 2 aromatic carbocycles. The van der Waals surface area contributed by atoms with E-state index in [0.29, 0.717) is 22.6 Å². The van der Waals surface area contributed by atoms with Gasteiger partial charge in [0.25, 0.3) is 0 Å². The van der Waals surface area contributed by atoms with E-state index in [1.54, 1.807) is 17.1 Å². The lowest BCUT2D eigenvalue weighted by atomic mass is 10.1. The van der Waals surface area contributed by atoms with Crippen LogP contribution in [0.1, 0.15) is 30.9 Å². The van der Waals surface area contributed by atoms with Crippen molar-refractivity contribution in [2.75, 3.05) is 10.6 Å². The molecule has 0 spiro atoms. The Bertz CT molecular complexity index is 942. The third-order valence-electron chi connectivity index (χ3n) is 4.14. The van der Waals surface area contributed by atoms with E-state index in [4.69, 9.17) is 23.8 Å². The van der Waals surface area contributed by atoms with E-state index >= 15 is 0 Å². The van der Waals surface area contributed by atoms with Crippen LogP contribution in [0.3, 0.4) is 0 Å². The standard InChI is InChI=1S/C20H21ClFN5S/c1-2-3-4-14-5-9-17(10-6-14)24-20(28)25-19-23-13-27(26-19)12-15-7-8-16(22)11-18(15)21/h5-11,13H,2-4,12H2,1H3,(H2,24,25,26,28). The summed E-state index contributed by atoms with van der Waals surface area (Å²) >= 11 is 11.4. The van der Waals surface area contributed by atoms with E-state index < -0.39 is 0 Å². The Morgan fingerprint density at radius 1 is 1.18 bits per heavy atom. The number of nitrogens with zero attached hydrogens (tertiary/aromatic N) is 3. The fraction of sp³-hybridized carbons (Fsp3) is 0.250. The van der Waals surface area contributed by atoms with Crippen molar-refractivity contribution in [1.29, 1.82) is 0 Å². The average molecular weight is 418 g/mol. The van der Waals surface area contributed by atoms with Gasteiger partial charge in [-0.15, -0.1) is 5.10 Å². The van der Waals surface area contributed by atoms with Gasteiger partial charge in [0.2, 0.25) is 5.95 Å². The van der Waals surface area contributed by atoms with E-state index in [1.807, 2.05) is 12.1 Å². The van der Waals surface area contributed by atoms with Gasteiger partial charge in [-0.25, -0.2) is 14.1 Å². The number of nitrogens with one attached hydrogen (secondary N) is 2. The maximum atomic E-state index is 13.1. The third kappa shape index (κ3) is 5.74. The summed E-state index contributed by atoms with van der Waals surface area (Å²) in [6, 6.07) is 12.5. The van der Waals surface area contributed by atoms with E-state index in [0.717, 1.165) is 17.7 Å². The molecule has 0 radical (unpaired) electrons. The average Bonchev–Trinajstić information content (AvgIpc) is 3.10. The highest BCUT2D eigenvalue weighted by Gasteiger charge is 2.07. The second-order valence-electron chi connectivity index (χ2n) is 6.38. The second kappa shape index (κ2) is 9.61. The Morgan fingerprint density at radius 2 is 1.96 bits per heavy atom. The molecule has 0 aliphatic rings. The minimum atomic E-state index is -0.371. The van der Waals surface area contributed by atoms with Gasteiger partial charge in [0.1, 0.15) is 12.1 Å². The minimum Gasteiger partial charge on any atom is -0.332 e. The normalized spacial score (nSPS) is 10.7. The number of hydrogen-bond donors (Lipinski definition) is 2. The van der Waals surface area contributed by atoms with Crippen LogP contribution in [0.15, 0.2) is 48.8 Å². The van der Waals surface area contributed by atoms with Crippen LogP contribution in [-0.4, -0.2) is 19.9 Å². The fourth-order valence-electron chi connectivity index (χ4n) is 2.65. The van der Waals surface area contributed by atoms with Gasteiger partial charge in [0, 0.05) is 10.7 Å². The molecule has 8 heteroatoms. The van der Waals surface area contributed by atoms with Crippen molar-refractivity contribution in [2.45, 2.75) is 32.7 Å². The predicted octanol–water partition coefficient (Wildman–Crippen LogP) is 5.27. The van der Waals surface area contributed by atoms with E-state index in [2.05, 4.69) is 39.8 Å². The summed E-state index contributed by atoms with van der Waals surface area (Å²) in [5.41, 5.74) is 2.96. The molecule has 1 aromatic heterocycles. The predicted molar refractivity (Wildman–Crippen MR) is 115 cm³/mol. The molecule has 0 fully saturated rings. The first-order chi connectivity index (χ1) is 13.5. The van der Waals surface area contributed by atoms with Gasteiger partial charge in [0.15, 0.2) is 5.11 Å². The van der Waals surface area contributed by atoms with Crippen LogP contribution in [0.2, 0.25) is 5.02 Å². The summed E-state index contributed by atoms with van der Waals surface area (Å²) in [7, 11) is 0. The number of rotatable bonds is 7. The van der Waals surface area contributed by atoms with Gasteiger partial charge in [-0.3, -0.25) is 5.32 Å². The lowest BCUT2D eigenvalue weighted by Gasteiger charge is -2.09. The highest BCUT2D eigenvalue weighted by atomic mass is 35.5. The summed E-state index contributed by atoms with van der Waals surface area (Å²) in [6.07, 6.45) is 5.01. The Kier molecular flexibility index (Phi) is 6.95. The molecule has 0 saturated heterocycles. The Morgan fingerprint density at radius 3 is 2.68 bits per heavy atom. The fourth-order valence-corrected chi connectivity index (χ4v) is 3.09. The molecule has 2 N–H and O–H groups in total. The number of benzene rings is 2. The molecule has 28 heavy (non-hydrogen) atoms. The summed E-state index contributed by atoms with van der Waals surface area (Å²) in [5, 5.41) is 11.1. The van der Waals surface area contributed by atoms with Gasteiger partial charge >= 0.3 is 0 Å². The quantitative estimate of drug-likeness (QED) is 0.513. The van der Waals surface area contributed by atoms with Gasteiger partial charge in [-0.05, 0) is 60.5 Å². The van der Waals surface area contributed by atoms with Crippen LogP contribution in [0.4, 0.5) is 16.0 Å². The summed E-state index contributed by atoms with van der Waals surface area (Å²) in [4.78, 5) is 4.19. The van der Waals surface area contributed by atoms with Crippen molar-refractivity contribution in [1.82, 2.24) is 14.8 Å². The molecule has 1 heterocycles. The van der Waals surface area contributed by atoms with Crippen LogP contribution >= 0.6 is 23.8 Å². The molecule has 3 aromatic rings.